The third-order valence-corrected chi connectivity index (χ3v) is 3.31. The van der Waals surface area contributed by atoms with Crippen LogP contribution in [-0.4, -0.2) is 4.98 Å². The van der Waals surface area contributed by atoms with Crippen LogP contribution >= 0.6 is 0 Å². The first kappa shape index (κ1) is 10.4. The fourth-order valence-electron chi connectivity index (χ4n) is 2.51. The Labute approximate surface area is 96.3 Å². The van der Waals surface area contributed by atoms with Gasteiger partial charge >= 0.3 is 0 Å². The summed E-state index contributed by atoms with van der Waals surface area (Å²) in [6.45, 7) is 0. The molecule has 0 spiro atoms. The topological polar surface area (TPSA) is 32.9 Å². The largest absolute Gasteiger partial charge is 0.358 e. The normalized spacial score (nSPS) is 14.9. The summed E-state index contributed by atoms with van der Waals surface area (Å²) < 4.78 is 26.7. The van der Waals surface area contributed by atoms with E-state index in [1.54, 1.807) is 0 Å². The van der Waals surface area contributed by atoms with Crippen molar-refractivity contribution in [2.75, 3.05) is 0 Å². The number of aromatic nitrogens is 1. The van der Waals surface area contributed by atoms with E-state index in [-0.39, 0.29) is 16.3 Å². The predicted octanol–water partition coefficient (Wildman–Crippen LogP) is 2.69. The summed E-state index contributed by atoms with van der Waals surface area (Å²) in [4.78, 5) is 15.1. The van der Waals surface area contributed by atoms with Gasteiger partial charge in [-0.1, -0.05) is 0 Å². The molecule has 88 valence electrons. The number of halogens is 2. The molecule has 0 saturated heterocycles. The molecule has 3 rings (SSSR count). The number of benzene rings is 1. The third kappa shape index (κ3) is 1.55. The number of fused-ring (bicyclic) bond motifs is 2. The van der Waals surface area contributed by atoms with Gasteiger partial charge in [0.25, 0.3) is 0 Å². The van der Waals surface area contributed by atoms with E-state index in [2.05, 4.69) is 4.98 Å². The number of hydrogen-bond donors (Lipinski definition) is 1. The molecule has 1 heterocycles. The first-order valence-corrected chi connectivity index (χ1v) is 5.69. The predicted molar refractivity (Wildman–Crippen MR) is 61.1 cm³/mol. The number of hydrogen-bond acceptors (Lipinski definition) is 1. The van der Waals surface area contributed by atoms with Gasteiger partial charge in [0.15, 0.2) is 5.43 Å². The van der Waals surface area contributed by atoms with Gasteiger partial charge in [-0.15, -0.1) is 0 Å². The number of aryl methyl sites for hydroxylation is 1. The monoisotopic (exact) mass is 235 g/mol. The highest BCUT2D eigenvalue weighted by Gasteiger charge is 2.18. The molecule has 1 N–H and O–H groups in total. The van der Waals surface area contributed by atoms with E-state index in [4.69, 9.17) is 0 Å². The summed E-state index contributed by atoms with van der Waals surface area (Å²) in [5.74, 6) is -1.45. The van der Waals surface area contributed by atoms with Gasteiger partial charge < -0.3 is 4.98 Å². The van der Waals surface area contributed by atoms with E-state index in [1.165, 1.54) is 6.07 Å². The van der Waals surface area contributed by atoms with Crippen molar-refractivity contribution in [3.8, 4) is 0 Å². The molecule has 1 aromatic carbocycles. The highest BCUT2D eigenvalue weighted by atomic mass is 19.1. The lowest BCUT2D eigenvalue weighted by Gasteiger charge is -2.16. The van der Waals surface area contributed by atoms with Crippen molar-refractivity contribution in [3.63, 3.8) is 0 Å². The van der Waals surface area contributed by atoms with Crippen LogP contribution in [0, 0.1) is 11.6 Å². The van der Waals surface area contributed by atoms with Crippen molar-refractivity contribution in [1.29, 1.82) is 0 Å². The minimum Gasteiger partial charge on any atom is -0.358 e. The van der Waals surface area contributed by atoms with Gasteiger partial charge in [0.2, 0.25) is 0 Å². The molecule has 1 aliphatic rings. The summed E-state index contributed by atoms with van der Waals surface area (Å²) in [7, 11) is 0. The van der Waals surface area contributed by atoms with Crippen LogP contribution in [0.25, 0.3) is 10.9 Å². The zero-order chi connectivity index (χ0) is 12.0. The second-order valence-corrected chi connectivity index (χ2v) is 4.43. The van der Waals surface area contributed by atoms with Crippen LogP contribution in [0.4, 0.5) is 8.78 Å². The number of aromatic amines is 1. The molecule has 0 aliphatic heterocycles. The van der Waals surface area contributed by atoms with Gasteiger partial charge in [0.05, 0.1) is 10.9 Å². The fourth-order valence-corrected chi connectivity index (χ4v) is 2.51. The maximum absolute atomic E-state index is 13.6. The molecular formula is C13H11F2NO. The Morgan fingerprint density at radius 3 is 2.71 bits per heavy atom. The molecule has 1 aliphatic carbocycles. The number of H-pyrrole nitrogens is 1. The van der Waals surface area contributed by atoms with E-state index in [0.717, 1.165) is 31.0 Å². The van der Waals surface area contributed by atoms with E-state index >= 15 is 0 Å². The first-order chi connectivity index (χ1) is 8.16. The first-order valence-electron chi connectivity index (χ1n) is 5.69. The molecule has 0 atom stereocenters. The van der Waals surface area contributed by atoms with E-state index in [9.17, 15) is 13.6 Å². The van der Waals surface area contributed by atoms with Crippen molar-refractivity contribution in [1.82, 2.24) is 4.98 Å². The van der Waals surface area contributed by atoms with Gasteiger partial charge in [0.1, 0.15) is 11.6 Å². The smallest absolute Gasteiger partial charge is 0.195 e. The standard InChI is InChI=1S/C13H11F2NO/c14-7-5-9(15)12-11(6-7)16-10-4-2-1-3-8(10)13(12)17/h5-6H,1-4H2,(H,16,17). The fraction of sp³-hybridized carbons (Fsp3) is 0.308. The molecular weight excluding hydrogens is 224 g/mol. The average molecular weight is 235 g/mol. The van der Waals surface area contributed by atoms with Crippen LogP contribution in [0.2, 0.25) is 0 Å². The molecule has 2 nitrogen and oxygen atoms in total. The minimum atomic E-state index is -0.783. The van der Waals surface area contributed by atoms with Gasteiger partial charge in [-0.05, 0) is 31.7 Å². The van der Waals surface area contributed by atoms with Crippen LogP contribution in [0.15, 0.2) is 16.9 Å². The Morgan fingerprint density at radius 1 is 1.12 bits per heavy atom. The Bertz CT molecular complexity index is 660. The quantitative estimate of drug-likeness (QED) is 0.748. The molecule has 0 bridgehead atoms. The summed E-state index contributed by atoms with van der Waals surface area (Å²) in [6, 6.07) is 1.93. The highest BCUT2D eigenvalue weighted by Crippen LogP contribution is 2.22. The summed E-state index contributed by atoms with van der Waals surface area (Å²) >= 11 is 0. The second kappa shape index (κ2) is 3.65. The number of nitrogens with one attached hydrogen (secondary N) is 1. The molecule has 17 heavy (non-hydrogen) atoms. The van der Waals surface area contributed by atoms with Crippen molar-refractivity contribution in [2.45, 2.75) is 25.7 Å². The van der Waals surface area contributed by atoms with Crippen molar-refractivity contribution in [2.24, 2.45) is 0 Å². The molecule has 2 aromatic rings. The highest BCUT2D eigenvalue weighted by molar-refractivity contribution is 5.80. The summed E-state index contributed by atoms with van der Waals surface area (Å²) in [5.41, 5.74) is 1.46. The Balaban J connectivity index is 2.44. The van der Waals surface area contributed by atoms with Crippen LogP contribution in [0.3, 0.4) is 0 Å². The van der Waals surface area contributed by atoms with Crippen LogP contribution in [0.1, 0.15) is 24.1 Å². The van der Waals surface area contributed by atoms with E-state index in [0.29, 0.717) is 12.0 Å². The van der Waals surface area contributed by atoms with Gasteiger partial charge in [0, 0.05) is 17.3 Å². The molecule has 0 unspecified atom stereocenters. The molecule has 0 fully saturated rings. The molecule has 0 amide bonds. The lowest BCUT2D eigenvalue weighted by atomic mass is 9.94. The van der Waals surface area contributed by atoms with Crippen molar-refractivity contribution >= 4 is 10.9 Å². The third-order valence-electron chi connectivity index (χ3n) is 3.31. The Kier molecular flexibility index (Phi) is 2.24. The Morgan fingerprint density at radius 2 is 1.88 bits per heavy atom. The van der Waals surface area contributed by atoms with Crippen LogP contribution in [0.5, 0.6) is 0 Å². The maximum Gasteiger partial charge on any atom is 0.195 e. The van der Waals surface area contributed by atoms with Crippen molar-refractivity contribution < 1.29 is 8.78 Å². The van der Waals surface area contributed by atoms with Gasteiger partial charge in [-0.25, -0.2) is 8.78 Å². The molecule has 0 saturated carbocycles. The summed E-state index contributed by atoms with van der Waals surface area (Å²) in [5, 5.41) is -0.0212. The van der Waals surface area contributed by atoms with Crippen LogP contribution < -0.4 is 5.43 Å². The summed E-state index contributed by atoms with van der Waals surface area (Å²) in [6.07, 6.45) is 3.41. The second-order valence-electron chi connectivity index (χ2n) is 4.43. The molecule has 1 aromatic heterocycles. The SMILES string of the molecule is O=c1c2c([nH]c3cc(F)cc(F)c13)CCCC2. The molecule has 4 heteroatoms. The average Bonchev–Trinajstić information content (AvgIpc) is 2.28. The van der Waals surface area contributed by atoms with Gasteiger partial charge in [-0.2, -0.15) is 0 Å². The lowest BCUT2D eigenvalue weighted by Crippen LogP contribution is -2.19. The van der Waals surface area contributed by atoms with Crippen molar-refractivity contribution in [3.05, 3.63) is 45.2 Å². The van der Waals surface area contributed by atoms with E-state index in [1.807, 2.05) is 0 Å². The minimum absolute atomic E-state index is 0.0212. The molecule has 0 radical (unpaired) electrons. The number of rotatable bonds is 0. The lowest BCUT2D eigenvalue weighted by molar-refractivity contribution is 0.590. The Hall–Kier alpha value is -1.71. The zero-order valence-electron chi connectivity index (χ0n) is 9.15. The van der Waals surface area contributed by atoms with E-state index < -0.39 is 11.6 Å². The number of pyridine rings is 1. The zero-order valence-corrected chi connectivity index (χ0v) is 9.15. The van der Waals surface area contributed by atoms with Gasteiger partial charge in [-0.3, -0.25) is 4.79 Å². The van der Waals surface area contributed by atoms with Crippen LogP contribution in [-0.2, 0) is 12.8 Å². The maximum atomic E-state index is 13.6.